The summed E-state index contributed by atoms with van der Waals surface area (Å²) in [5, 5.41) is 8.92. The standard InChI is InChI=1S/C22H19ClFN3OS/c23-20-9-5-4-8-18(20)14-28-21-12-19(24)11-10-17(21)13-26-27-22(25)29-15-16-6-2-1-3-7-16/h1-13H,14-15H2,(H2,25,27). The van der Waals surface area contributed by atoms with E-state index in [0.29, 0.717) is 27.3 Å². The Labute approximate surface area is 178 Å². The summed E-state index contributed by atoms with van der Waals surface area (Å²) in [7, 11) is 0. The molecule has 0 saturated carbocycles. The van der Waals surface area contributed by atoms with Gasteiger partial charge in [0.05, 0.1) is 6.21 Å². The van der Waals surface area contributed by atoms with Gasteiger partial charge in [0.15, 0.2) is 5.17 Å². The summed E-state index contributed by atoms with van der Waals surface area (Å²) in [5.41, 5.74) is 8.43. The topological polar surface area (TPSA) is 60.0 Å². The van der Waals surface area contributed by atoms with Crippen LogP contribution >= 0.6 is 23.4 Å². The number of rotatable bonds is 7. The Hall–Kier alpha value is -2.83. The van der Waals surface area contributed by atoms with Crippen molar-refractivity contribution in [1.29, 1.82) is 0 Å². The Morgan fingerprint density at radius 1 is 1.07 bits per heavy atom. The molecule has 7 heteroatoms. The molecule has 0 aliphatic carbocycles. The second kappa shape index (κ2) is 10.6. The third-order valence-corrected chi connectivity index (χ3v) is 5.12. The molecule has 148 valence electrons. The molecule has 2 N–H and O–H groups in total. The first-order chi connectivity index (χ1) is 14.1. The molecule has 0 unspecified atom stereocenters. The maximum atomic E-state index is 13.7. The lowest BCUT2D eigenvalue weighted by molar-refractivity contribution is 0.304. The summed E-state index contributed by atoms with van der Waals surface area (Å²) in [6.07, 6.45) is 1.48. The molecule has 0 heterocycles. The van der Waals surface area contributed by atoms with Crippen LogP contribution in [0.3, 0.4) is 0 Å². The van der Waals surface area contributed by atoms with Crippen molar-refractivity contribution in [2.24, 2.45) is 15.9 Å². The molecule has 0 radical (unpaired) electrons. The quantitative estimate of drug-likeness (QED) is 0.301. The summed E-state index contributed by atoms with van der Waals surface area (Å²) in [4.78, 5) is 0. The highest BCUT2D eigenvalue weighted by atomic mass is 35.5. The molecule has 4 nitrogen and oxygen atoms in total. The highest BCUT2D eigenvalue weighted by molar-refractivity contribution is 8.13. The fraction of sp³-hybridized carbons (Fsp3) is 0.0909. The molecule has 0 aliphatic heterocycles. The zero-order chi connectivity index (χ0) is 20.5. The molecule has 29 heavy (non-hydrogen) atoms. The molecule has 3 rings (SSSR count). The van der Waals surface area contributed by atoms with Gasteiger partial charge in [-0.15, -0.1) is 5.10 Å². The van der Waals surface area contributed by atoms with Crippen molar-refractivity contribution in [3.63, 3.8) is 0 Å². The lowest BCUT2D eigenvalue weighted by Gasteiger charge is -2.10. The Morgan fingerprint density at radius 3 is 2.62 bits per heavy atom. The van der Waals surface area contributed by atoms with E-state index in [-0.39, 0.29) is 6.61 Å². The lowest BCUT2D eigenvalue weighted by Crippen LogP contribution is -2.06. The summed E-state index contributed by atoms with van der Waals surface area (Å²) in [6, 6.07) is 21.5. The van der Waals surface area contributed by atoms with Gasteiger partial charge in [-0.3, -0.25) is 0 Å². The molecular formula is C22H19ClFN3OS. The van der Waals surface area contributed by atoms with Crippen LogP contribution < -0.4 is 10.5 Å². The molecule has 0 atom stereocenters. The molecule has 0 fully saturated rings. The van der Waals surface area contributed by atoms with Gasteiger partial charge in [0, 0.05) is 28.0 Å². The number of hydrogen-bond donors (Lipinski definition) is 1. The summed E-state index contributed by atoms with van der Waals surface area (Å²) in [5.74, 6) is 0.645. The van der Waals surface area contributed by atoms with E-state index in [9.17, 15) is 4.39 Å². The van der Waals surface area contributed by atoms with Gasteiger partial charge in [-0.25, -0.2) is 4.39 Å². The van der Waals surface area contributed by atoms with Crippen molar-refractivity contribution in [2.75, 3.05) is 0 Å². The highest BCUT2D eigenvalue weighted by Crippen LogP contribution is 2.22. The Morgan fingerprint density at radius 2 is 1.83 bits per heavy atom. The second-order valence-corrected chi connectivity index (χ2v) is 7.42. The summed E-state index contributed by atoms with van der Waals surface area (Å²) >= 11 is 7.53. The van der Waals surface area contributed by atoms with Gasteiger partial charge in [-0.05, 0) is 23.8 Å². The number of ether oxygens (including phenoxy) is 1. The maximum Gasteiger partial charge on any atom is 0.180 e. The van der Waals surface area contributed by atoms with Crippen LogP contribution in [0.1, 0.15) is 16.7 Å². The van der Waals surface area contributed by atoms with Gasteiger partial charge in [0.1, 0.15) is 18.2 Å². The molecule has 0 bridgehead atoms. The first-order valence-corrected chi connectivity index (χ1v) is 10.2. The van der Waals surface area contributed by atoms with E-state index >= 15 is 0 Å². The average molecular weight is 428 g/mol. The van der Waals surface area contributed by atoms with Crippen LogP contribution in [0.4, 0.5) is 4.39 Å². The monoisotopic (exact) mass is 427 g/mol. The zero-order valence-corrected chi connectivity index (χ0v) is 17.0. The van der Waals surface area contributed by atoms with E-state index in [2.05, 4.69) is 10.2 Å². The Bertz CT molecular complexity index is 1010. The number of hydrogen-bond acceptors (Lipinski definition) is 4. The fourth-order valence-corrected chi connectivity index (χ4v) is 3.22. The van der Waals surface area contributed by atoms with E-state index in [1.54, 1.807) is 12.1 Å². The highest BCUT2D eigenvalue weighted by Gasteiger charge is 2.06. The molecule has 0 amide bonds. The van der Waals surface area contributed by atoms with E-state index in [1.807, 2.05) is 48.5 Å². The van der Waals surface area contributed by atoms with Crippen molar-refractivity contribution in [1.82, 2.24) is 0 Å². The Kier molecular flexibility index (Phi) is 7.67. The van der Waals surface area contributed by atoms with Crippen LogP contribution in [0.25, 0.3) is 0 Å². The molecular weight excluding hydrogens is 409 g/mol. The van der Waals surface area contributed by atoms with Crippen LogP contribution in [0, 0.1) is 5.82 Å². The predicted molar refractivity (Wildman–Crippen MR) is 119 cm³/mol. The predicted octanol–water partition coefficient (Wildman–Crippen LogP) is 5.64. The van der Waals surface area contributed by atoms with Crippen LogP contribution in [-0.4, -0.2) is 11.4 Å². The molecule has 0 aromatic heterocycles. The van der Waals surface area contributed by atoms with Gasteiger partial charge in [-0.2, -0.15) is 5.10 Å². The summed E-state index contributed by atoms with van der Waals surface area (Å²) < 4.78 is 19.4. The molecule has 3 aromatic rings. The van der Waals surface area contributed by atoms with Crippen LogP contribution in [0.15, 0.2) is 83.0 Å². The first kappa shape index (κ1) is 20.9. The van der Waals surface area contributed by atoms with E-state index in [1.165, 1.54) is 30.1 Å². The second-order valence-electron chi connectivity index (χ2n) is 6.02. The first-order valence-electron chi connectivity index (χ1n) is 8.81. The van der Waals surface area contributed by atoms with Crippen LogP contribution in [0.2, 0.25) is 5.02 Å². The number of thioether (sulfide) groups is 1. The van der Waals surface area contributed by atoms with E-state index in [4.69, 9.17) is 22.1 Å². The lowest BCUT2D eigenvalue weighted by atomic mass is 10.2. The number of benzene rings is 3. The van der Waals surface area contributed by atoms with Gasteiger partial charge in [0.2, 0.25) is 0 Å². The number of nitrogens with zero attached hydrogens (tertiary/aromatic N) is 2. The zero-order valence-electron chi connectivity index (χ0n) is 15.5. The van der Waals surface area contributed by atoms with Gasteiger partial charge < -0.3 is 10.5 Å². The average Bonchev–Trinajstić information content (AvgIpc) is 2.74. The SMILES string of the molecule is NC(=NN=Cc1ccc(F)cc1OCc1ccccc1Cl)SCc1ccccc1. The minimum atomic E-state index is -0.405. The van der Waals surface area contributed by atoms with Gasteiger partial charge in [0.25, 0.3) is 0 Å². The van der Waals surface area contributed by atoms with Gasteiger partial charge >= 0.3 is 0 Å². The minimum absolute atomic E-state index is 0.211. The van der Waals surface area contributed by atoms with E-state index < -0.39 is 5.82 Å². The largest absolute Gasteiger partial charge is 0.488 e. The van der Waals surface area contributed by atoms with Crippen molar-refractivity contribution < 1.29 is 9.13 Å². The van der Waals surface area contributed by atoms with Crippen molar-refractivity contribution in [2.45, 2.75) is 12.4 Å². The minimum Gasteiger partial charge on any atom is -0.488 e. The Balaban J connectivity index is 1.64. The molecule has 0 saturated heterocycles. The smallest absolute Gasteiger partial charge is 0.180 e. The van der Waals surface area contributed by atoms with Crippen molar-refractivity contribution in [3.8, 4) is 5.75 Å². The molecule has 3 aromatic carbocycles. The third kappa shape index (κ3) is 6.62. The number of amidine groups is 1. The molecule has 0 spiro atoms. The van der Waals surface area contributed by atoms with Crippen LogP contribution in [-0.2, 0) is 12.4 Å². The van der Waals surface area contributed by atoms with Crippen molar-refractivity contribution >= 4 is 34.7 Å². The van der Waals surface area contributed by atoms with Crippen LogP contribution in [0.5, 0.6) is 5.75 Å². The third-order valence-electron chi connectivity index (χ3n) is 3.90. The maximum absolute atomic E-state index is 13.7. The fourth-order valence-electron chi connectivity index (χ4n) is 2.42. The normalized spacial score (nSPS) is 11.7. The number of nitrogens with two attached hydrogens (primary N) is 1. The number of halogens is 2. The van der Waals surface area contributed by atoms with Gasteiger partial charge in [-0.1, -0.05) is 71.9 Å². The molecule has 0 aliphatic rings. The summed E-state index contributed by atoms with van der Waals surface area (Å²) in [6.45, 7) is 0.211. The van der Waals surface area contributed by atoms with E-state index in [0.717, 1.165) is 11.1 Å². The van der Waals surface area contributed by atoms with Crippen molar-refractivity contribution in [3.05, 3.63) is 100 Å².